The summed E-state index contributed by atoms with van der Waals surface area (Å²) in [5.74, 6) is 0. The number of aromatic nitrogens is 1. The van der Waals surface area contributed by atoms with Gasteiger partial charge in [0.25, 0.3) is 0 Å². The summed E-state index contributed by atoms with van der Waals surface area (Å²) < 4.78 is 2.10. The van der Waals surface area contributed by atoms with Crippen LogP contribution in [0.25, 0.3) is 16.8 Å². The fourth-order valence-electron chi connectivity index (χ4n) is 1.88. The Morgan fingerprint density at radius 2 is 1.80 bits per heavy atom. The Kier molecular flexibility index (Phi) is 1.62. The van der Waals surface area contributed by atoms with Crippen LogP contribution >= 0.6 is 0 Å². The number of hydrogen-bond donors (Lipinski definition) is 1. The molecule has 3 rings (SSSR count). The Balaban J connectivity index is 2.57. The van der Waals surface area contributed by atoms with E-state index in [1.54, 1.807) is 0 Å². The van der Waals surface area contributed by atoms with Gasteiger partial charge in [-0.25, -0.2) is 0 Å². The average Bonchev–Trinajstić information content (AvgIpc) is 2.29. The third kappa shape index (κ3) is 1.22. The number of fused-ring (bicyclic) bond motifs is 3. The number of rotatable bonds is 0. The molecule has 15 heavy (non-hydrogen) atoms. The van der Waals surface area contributed by atoms with E-state index in [4.69, 9.17) is 5.41 Å². The molecule has 1 aromatic rings. The van der Waals surface area contributed by atoms with Crippen LogP contribution in [0.5, 0.6) is 0 Å². The second-order valence-electron chi connectivity index (χ2n) is 3.60. The highest BCUT2D eigenvalue weighted by Crippen LogP contribution is 2.20. The zero-order valence-electron chi connectivity index (χ0n) is 8.14. The molecule has 72 valence electrons. The van der Waals surface area contributed by atoms with Crippen LogP contribution in [-0.4, -0.2) is 4.40 Å². The molecule has 1 aromatic heterocycles. The predicted octanol–water partition coefficient (Wildman–Crippen LogP) is 2.52. The van der Waals surface area contributed by atoms with Crippen molar-refractivity contribution in [3.63, 3.8) is 0 Å². The van der Waals surface area contributed by atoms with Crippen molar-refractivity contribution in [3.05, 3.63) is 60.1 Å². The molecule has 1 aliphatic carbocycles. The van der Waals surface area contributed by atoms with Gasteiger partial charge in [0.2, 0.25) is 0 Å². The molecule has 0 saturated carbocycles. The lowest BCUT2D eigenvalue weighted by Crippen LogP contribution is -2.02. The van der Waals surface area contributed by atoms with E-state index in [1.165, 1.54) is 0 Å². The first-order valence-electron chi connectivity index (χ1n) is 4.89. The maximum absolute atomic E-state index is 7.64. The Labute approximate surface area is 87.3 Å². The van der Waals surface area contributed by atoms with E-state index in [0.717, 1.165) is 16.8 Å². The SMILES string of the molecule is N=c1ccc2ccc3ccccn3c-2c1. The highest BCUT2D eigenvalue weighted by atomic mass is 14.9. The van der Waals surface area contributed by atoms with E-state index in [1.807, 2.05) is 36.5 Å². The third-order valence-corrected chi connectivity index (χ3v) is 2.62. The average molecular weight is 194 g/mol. The Morgan fingerprint density at radius 1 is 0.933 bits per heavy atom. The molecule has 0 bridgehead atoms. The number of pyridine rings is 2. The second-order valence-corrected chi connectivity index (χ2v) is 3.60. The van der Waals surface area contributed by atoms with E-state index in [2.05, 4.69) is 22.6 Å². The van der Waals surface area contributed by atoms with Gasteiger partial charge in [-0.1, -0.05) is 18.2 Å². The fourth-order valence-corrected chi connectivity index (χ4v) is 1.88. The van der Waals surface area contributed by atoms with Crippen molar-refractivity contribution in [2.45, 2.75) is 0 Å². The monoisotopic (exact) mass is 194 g/mol. The smallest absolute Gasteiger partial charge is 0.0561 e. The van der Waals surface area contributed by atoms with Crippen molar-refractivity contribution in [3.8, 4) is 11.3 Å². The summed E-state index contributed by atoms with van der Waals surface area (Å²) in [7, 11) is 0. The quantitative estimate of drug-likeness (QED) is 0.533. The number of nitrogens with one attached hydrogen (secondary N) is 1. The summed E-state index contributed by atoms with van der Waals surface area (Å²) in [5, 5.41) is 8.19. The van der Waals surface area contributed by atoms with Crippen molar-refractivity contribution < 1.29 is 0 Å². The Hall–Kier alpha value is -2.09. The van der Waals surface area contributed by atoms with Crippen LogP contribution in [-0.2, 0) is 0 Å². The first kappa shape index (κ1) is 8.24. The minimum atomic E-state index is 0.548. The van der Waals surface area contributed by atoms with Gasteiger partial charge in [0, 0.05) is 11.7 Å². The molecular weight excluding hydrogens is 184 g/mol. The van der Waals surface area contributed by atoms with Gasteiger partial charge in [0.15, 0.2) is 0 Å². The van der Waals surface area contributed by atoms with Gasteiger partial charge in [-0.15, -0.1) is 0 Å². The molecule has 0 amide bonds. The molecule has 2 heterocycles. The normalized spacial score (nSPS) is 10.9. The minimum absolute atomic E-state index is 0.548. The van der Waals surface area contributed by atoms with Crippen LogP contribution in [0, 0.1) is 5.41 Å². The highest BCUT2D eigenvalue weighted by Gasteiger charge is 2.03. The van der Waals surface area contributed by atoms with Crippen LogP contribution in [0.4, 0.5) is 0 Å². The molecule has 1 aliphatic heterocycles. The first-order chi connectivity index (χ1) is 7.34. The zero-order valence-corrected chi connectivity index (χ0v) is 8.14. The van der Waals surface area contributed by atoms with E-state index in [9.17, 15) is 0 Å². The molecule has 2 aliphatic rings. The largest absolute Gasteiger partial charge is 0.317 e. The molecule has 2 nitrogen and oxygen atoms in total. The van der Waals surface area contributed by atoms with Crippen molar-refractivity contribution in [1.82, 2.24) is 4.40 Å². The van der Waals surface area contributed by atoms with Gasteiger partial charge in [-0.3, -0.25) is 0 Å². The highest BCUT2D eigenvalue weighted by molar-refractivity contribution is 5.67. The lowest BCUT2D eigenvalue weighted by Gasteiger charge is -2.10. The summed E-state index contributed by atoms with van der Waals surface area (Å²) in [6.07, 6.45) is 2.02. The van der Waals surface area contributed by atoms with Crippen molar-refractivity contribution in [2.75, 3.05) is 0 Å². The van der Waals surface area contributed by atoms with Gasteiger partial charge in [0.05, 0.1) is 11.1 Å². The molecule has 2 heteroatoms. The maximum Gasteiger partial charge on any atom is 0.0561 e. The number of benzene rings is 1. The van der Waals surface area contributed by atoms with Crippen molar-refractivity contribution in [2.24, 2.45) is 0 Å². The lowest BCUT2D eigenvalue weighted by atomic mass is 10.1. The predicted molar refractivity (Wildman–Crippen MR) is 59.9 cm³/mol. The number of hydrogen-bond acceptors (Lipinski definition) is 1. The third-order valence-electron chi connectivity index (χ3n) is 2.62. The van der Waals surface area contributed by atoms with E-state index >= 15 is 0 Å². The summed E-state index contributed by atoms with van der Waals surface area (Å²) in [5.41, 5.74) is 3.39. The standard InChI is InChI=1S/C13H10N2/c14-11-6-4-10-5-7-12-3-1-2-8-15(12)13(10)9-11/h1-9,14H. The topological polar surface area (TPSA) is 28.3 Å². The van der Waals surface area contributed by atoms with Crippen molar-refractivity contribution >= 4 is 5.52 Å². The number of nitrogens with zero attached hydrogens (tertiary/aromatic N) is 1. The van der Waals surface area contributed by atoms with Crippen LogP contribution in [0.1, 0.15) is 0 Å². The molecule has 0 unspecified atom stereocenters. The van der Waals surface area contributed by atoms with Gasteiger partial charge < -0.3 is 9.81 Å². The van der Waals surface area contributed by atoms with Gasteiger partial charge in [-0.2, -0.15) is 0 Å². The van der Waals surface area contributed by atoms with Crippen molar-refractivity contribution in [1.29, 1.82) is 5.41 Å². The van der Waals surface area contributed by atoms with Gasteiger partial charge in [0.1, 0.15) is 0 Å². The van der Waals surface area contributed by atoms with Crippen LogP contribution < -0.4 is 5.36 Å². The minimum Gasteiger partial charge on any atom is -0.317 e. The van der Waals surface area contributed by atoms with Crippen LogP contribution in [0.3, 0.4) is 0 Å². The lowest BCUT2D eigenvalue weighted by molar-refractivity contribution is 1.15. The molecule has 0 aromatic carbocycles. The molecule has 1 N–H and O–H groups in total. The summed E-state index contributed by atoms with van der Waals surface area (Å²) in [6, 6.07) is 16.0. The Morgan fingerprint density at radius 3 is 2.73 bits per heavy atom. The van der Waals surface area contributed by atoms with E-state index in [0.29, 0.717) is 5.36 Å². The first-order valence-corrected chi connectivity index (χ1v) is 4.89. The molecule has 0 spiro atoms. The van der Waals surface area contributed by atoms with Gasteiger partial charge in [-0.05, 0) is 35.9 Å². The van der Waals surface area contributed by atoms with Crippen LogP contribution in [0.15, 0.2) is 54.7 Å². The van der Waals surface area contributed by atoms with Gasteiger partial charge >= 0.3 is 0 Å². The van der Waals surface area contributed by atoms with E-state index in [-0.39, 0.29) is 0 Å². The second kappa shape index (κ2) is 2.95. The maximum atomic E-state index is 7.64. The van der Waals surface area contributed by atoms with Crippen LogP contribution in [0.2, 0.25) is 0 Å². The molecule has 0 radical (unpaired) electrons. The summed E-state index contributed by atoms with van der Waals surface area (Å²) >= 11 is 0. The summed E-state index contributed by atoms with van der Waals surface area (Å²) in [4.78, 5) is 0. The molecule has 0 atom stereocenters. The fraction of sp³-hybridized carbons (Fsp3) is 0. The Bertz CT molecular complexity index is 652. The zero-order chi connectivity index (χ0) is 10.3. The summed E-state index contributed by atoms with van der Waals surface area (Å²) in [6.45, 7) is 0. The molecule has 0 saturated heterocycles. The van der Waals surface area contributed by atoms with E-state index < -0.39 is 0 Å². The molecular formula is C13H10N2. The molecule has 0 fully saturated rings.